The fourth-order valence-electron chi connectivity index (χ4n) is 5.99. The quantitative estimate of drug-likeness (QED) is 0.135. The molecule has 0 spiro atoms. The zero-order chi connectivity index (χ0) is 29.3. The molecule has 4 nitrogen and oxygen atoms in total. The first-order valence-corrected chi connectivity index (χ1v) is 13.0. The summed E-state index contributed by atoms with van der Waals surface area (Å²) >= 11 is 0. The Hall–Kier alpha value is -5.49. The number of fused-ring (bicyclic) bond motifs is 6. The molecular formula is C34H16F4N4. The van der Waals surface area contributed by atoms with Gasteiger partial charge in [-0.05, 0) is 98.1 Å². The topological polar surface area (TPSA) is 93.3 Å². The SMILES string of the molecule is N#CC(C#N)=C1c2cc(F)ccc2-c2cc3c(cc21)-c1ccc(-c2ccc(C(F)(F)F)cc2)cc1/C3=C(\C#N)C1CN1. The molecule has 0 bridgehead atoms. The number of benzene rings is 4. The molecule has 1 aliphatic heterocycles. The van der Waals surface area contributed by atoms with Crippen LogP contribution < -0.4 is 5.32 Å². The lowest BCUT2D eigenvalue weighted by molar-refractivity contribution is -0.137. The summed E-state index contributed by atoms with van der Waals surface area (Å²) in [5.41, 5.74) is 7.66. The number of nitrogens with one attached hydrogen (secondary N) is 1. The van der Waals surface area contributed by atoms with Crippen molar-refractivity contribution in [1.82, 2.24) is 5.32 Å². The largest absolute Gasteiger partial charge is 0.416 e. The molecule has 8 heteroatoms. The van der Waals surface area contributed by atoms with E-state index in [1.54, 1.807) is 6.07 Å². The second kappa shape index (κ2) is 9.01. The number of hydrogen-bond donors (Lipinski definition) is 1. The van der Waals surface area contributed by atoms with E-state index in [0.717, 1.165) is 45.5 Å². The van der Waals surface area contributed by atoms with E-state index in [0.29, 0.717) is 45.5 Å². The van der Waals surface area contributed by atoms with Crippen molar-refractivity contribution in [2.45, 2.75) is 12.2 Å². The average molecular weight is 557 g/mol. The van der Waals surface area contributed by atoms with Crippen LogP contribution >= 0.6 is 0 Å². The van der Waals surface area contributed by atoms with Gasteiger partial charge in [0, 0.05) is 17.7 Å². The lowest BCUT2D eigenvalue weighted by Crippen LogP contribution is -2.04. The smallest absolute Gasteiger partial charge is 0.306 e. The predicted molar refractivity (Wildman–Crippen MR) is 148 cm³/mol. The van der Waals surface area contributed by atoms with Crippen LogP contribution in [-0.4, -0.2) is 12.6 Å². The number of rotatable bonds is 2. The van der Waals surface area contributed by atoms with E-state index in [1.807, 2.05) is 42.5 Å². The van der Waals surface area contributed by atoms with Crippen molar-refractivity contribution in [1.29, 1.82) is 15.8 Å². The molecule has 1 N–H and O–H groups in total. The number of nitriles is 3. The van der Waals surface area contributed by atoms with Crippen LogP contribution in [0.3, 0.4) is 0 Å². The molecule has 0 amide bonds. The van der Waals surface area contributed by atoms with Gasteiger partial charge in [0.25, 0.3) is 0 Å². The van der Waals surface area contributed by atoms with Crippen LogP contribution in [0.4, 0.5) is 17.6 Å². The Morgan fingerprint density at radius 1 is 0.643 bits per heavy atom. The minimum absolute atomic E-state index is 0.132. The molecule has 1 saturated heterocycles. The van der Waals surface area contributed by atoms with E-state index in [9.17, 15) is 33.3 Å². The molecule has 42 heavy (non-hydrogen) atoms. The van der Waals surface area contributed by atoms with Gasteiger partial charge in [-0.25, -0.2) is 4.39 Å². The minimum atomic E-state index is -4.44. The summed E-state index contributed by atoms with van der Waals surface area (Å²) in [5, 5.41) is 32.9. The summed E-state index contributed by atoms with van der Waals surface area (Å²) in [5.74, 6) is -0.491. The van der Waals surface area contributed by atoms with Crippen LogP contribution in [-0.2, 0) is 6.18 Å². The summed E-state index contributed by atoms with van der Waals surface area (Å²) < 4.78 is 53.8. The fourth-order valence-corrected chi connectivity index (χ4v) is 5.99. The number of allylic oxidation sites excluding steroid dienone is 1. The van der Waals surface area contributed by atoms with Crippen molar-refractivity contribution in [3.63, 3.8) is 0 Å². The Labute approximate surface area is 237 Å². The summed E-state index contributed by atoms with van der Waals surface area (Å²) in [6, 6.07) is 24.7. The van der Waals surface area contributed by atoms with Gasteiger partial charge in [0.15, 0.2) is 0 Å². The van der Waals surface area contributed by atoms with Gasteiger partial charge in [0.2, 0.25) is 0 Å². The molecular weight excluding hydrogens is 540 g/mol. The van der Waals surface area contributed by atoms with Gasteiger partial charge in [-0.3, -0.25) is 0 Å². The molecule has 7 rings (SSSR count). The third-order valence-electron chi connectivity index (χ3n) is 7.98. The van der Waals surface area contributed by atoms with Gasteiger partial charge in [-0.2, -0.15) is 29.0 Å². The highest BCUT2D eigenvalue weighted by Crippen LogP contribution is 2.54. The van der Waals surface area contributed by atoms with Gasteiger partial charge in [-0.15, -0.1) is 0 Å². The van der Waals surface area contributed by atoms with Gasteiger partial charge in [0.05, 0.1) is 23.2 Å². The highest BCUT2D eigenvalue weighted by molar-refractivity contribution is 6.11. The van der Waals surface area contributed by atoms with Crippen molar-refractivity contribution in [3.05, 3.63) is 118 Å². The first-order chi connectivity index (χ1) is 20.2. The van der Waals surface area contributed by atoms with E-state index in [-0.39, 0.29) is 11.6 Å². The van der Waals surface area contributed by atoms with E-state index in [2.05, 4.69) is 11.4 Å². The predicted octanol–water partition coefficient (Wildman–Crippen LogP) is 7.62. The Morgan fingerprint density at radius 2 is 1.19 bits per heavy atom. The third-order valence-corrected chi connectivity index (χ3v) is 7.98. The Kier molecular flexibility index (Phi) is 5.47. The summed E-state index contributed by atoms with van der Waals surface area (Å²) in [4.78, 5) is 0. The highest BCUT2D eigenvalue weighted by Gasteiger charge is 2.37. The van der Waals surface area contributed by atoms with Crippen LogP contribution in [0.15, 0.2) is 83.9 Å². The lowest BCUT2D eigenvalue weighted by atomic mass is 9.92. The Balaban J connectivity index is 1.47. The Bertz CT molecular complexity index is 2040. The summed E-state index contributed by atoms with van der Waals surface area (Å²) in [6.45, 7) is 0.642. The molecule has 3 aliphatic rings. The van der Waals surface area contributed by atoms with Gasteiger partial charge < -0.3 is 5.32 Å². The van der Waals surface area contributed by atoms with E-state index >= 15 is 0 Å². The average Bonchev–Trinajstić information content (AvgIpc) is 3.72. The van der Waals surface area contributed by atoms with Gasteiger partial charge in [-0.1, -0.05) is 30.3 Å². The third kappa shape index (κ3) is 3.76. The van der Waals surface area contributed by atoms with Crippen LogP contribution in [0.1, 0.15) is 27.8 Å². The molecule has 1 atom stereocenters. The monoisotopic (exact) mass is 556 g/mol. The second-order valence-electron chi connectivity index (χ2n) is 10.3. The Morgan fingerprint density at radius 3 is 1.76 bits per heavy atom. The van der Waals surface area contributed by atoms with Crippen molar-refractivity contribution >= 4 is 11.1 Å². The summed E-state index contributed by atoms with van der Waals surface area (Å²) in [6.07, 6.45) is -4.44. The number of nitrogens with zero attached hydrogens (tertiary/aromatic N) is 3. The molecule has 4 aromatic carbocycles. The first kappa shape index (κ1) is 25.5. The zero-order valence-electron chi connectivity index (χ0n) is 21.6. The van der Waals surface area contributed by atoms with Crippen molar-refractivity contribution in [2.24, 2.45) is 0 Å². The molecule has 1 heterocycles. The molecule has 1 fully saturated rings. The molecule has 1 unspecified atom stereocenters. The minimum Gasteiger partial charge on any atom is -0.306 e. The number of halogens is 4. The molecule has 0 saturated carbocycles. The van der Waals surface area contributed by atoms with Crippen LogP contribution in [0, 0.1) is 39.8 Å². The molecule has 0 aromatic heterocycles. The van der Waals surface area contributed by atoms with E-state index < -0.39 is 17.6 Å². The standard InChI is InChI=1S/C34H16F4N4/c35-21-6-8-23-24-12-29-25(11-28(24)32(27(23)10-21)19(13-39)14-40)22-7-3-18(17-1-4-20(5-2-17)34(36,37)38)9-26(22)33(29)30(15-41)31-16-42-31/h1-12,31,42H,16H2/b33-30-. The van der Waals surface area contributed by atoms with Crippen LogP contribution in [0.5, 0.6) is 0 Å². The van der Waals surface area contributed by atoms with E-state index in [1.165, 1.54) is 24.3 Å². The second-order valence-corrected chi connectivity index (χ2v) is 10.3. The lowest BCUT2D eigenvalue weighted by Gasteiger charge is -2.11. The fraction of sp³-hybridized carbons (Fsp3) is 0.0882. The van der Waals surface area contributed by atoms with Crippen molar-refractivity contribution in [2.75, 3.05) is 6.54 Å². The summed E-state index contributed by atoms with van der Waals surface area (Å²) in [7, 11) is 0. The normalized spacial score (nSPS) is 16.8. The molecule has 4 aromatic rings. The number of alkyl halides is 3. The van der Waals surface area contributed by atoms with Crippen LogP contribution in [0.2, 0.25) is 0 Å². The van der Waals surface area contributed by atoms with Gasteiger partial charge >= 0.3 is 6.18 Å². The van der Waals surface area contributed by atoms with E-state index in [4.69, 9.17) is 0 Å². The maximum Gasteiger partial charge on any atom is 0.416 e. The number of hydrogen-bond acceptors (Lipinski definition) is 4. The molecule has 200 valence electrons. The molecule has 0 radical (unpaired) electrons. The maximum atomic E-state index is 14.3. The van der Waals surface area contributed by atoms with Crippen LogP contribution in [0.25, 0.3) is 44.5 Å². The first-order valence-electron chi connectivity index (χ1n) is 13.0. The zero-order valence-corrected chi connectivity index (χ0v) is 21.6. The van der Waals surface area contributed by atoms with Crippen molar-refractivity contribution < 1.29 is 17.6 Å². The van der Waals surface area contributed by atoms with Gasteiger partial charge in [0.1, 0.15) is 23.5 Å². The van der Waals surface area contributed by atoms with Crippen molar-refractivity contribution in [3.8, 4) is 51.6 Å². The molecule has 2 aliphatic carbocycles. The maximum absolute atomic E-state index is 14.3. The highest BCUT2D eigenvalue weighted by atomic mass is 19.4.